The summed E-state index contributed by atoms with van der Waals surface area (Å²) in [5, 5.41) is 14.8. The Bertz CT molecular complexity index is 621. The van der Waals surface area contributed by atoms with Crippen molar-refractivity contribution in [2.45, 2.75) is 20.3 Å². The highest BCUT2D eigenvalue weighted by Gasteiger charge is 2.24. The fourth-order valence-electron chi connectivity index (χ4n) is 1.81. The SMILES string of the molecule is Cc1cc(N(CC(C)C(=O)O)C(=O)Cc2cccs2)no1. The molecule has 2 aromatic rings. The smallest absolute Gasteiger partial charge is 0.308 e. The van der Waals surface area contributed by atoms with E-state index in [9.17, 15) is 9.59 Å². The molecule has 1 unspecified atom stereocenters. The Kier molecular flexibility index (Phi) is 4.74. The molecule has 6 nitrogen and oxygen atoms in total. The van der Waals surface area contributed by atoms with Crippen molar-refractivity contribution in [2.24, 2.45) is 5.92 Å². The summed E-state index contributed by atoms with van der Waals surface area (Å²) in [6, 6.07) is 5.37. The first-order valence-corrected chi connectivity index (χ1v) is 7.34. The molecule has 0 saturated carbocycles. The first kappa shape index (κ1) is 15.2. The standard InChI is InChI=1S/C14H16N2O4S/c1-9(14(18)19)8-16(12-6-10(2)20-15-12)13(17)7-11-4-3-5-21-11/h3-6,9H,7-8H2,1-2H3,(H,18,19). The molecule has 112 valence electrons. The molecule has 7 heteroatoms. The van der Waals surface area contributed by atoms with Gasteiger partial charge in [0.25, 0.3) is 0 Å². The zero-order valence-corrected chi connectivity index (χ0v) is 12.6. The number of amides is 1. The van der Waals surface area contributed by atoms with Gasteiger partial charge in [-0.15, -0.1) is 11.3 Å². The molecular weight excluding hydrogens is 292 g/mol. The van der Waals surface area contributed by atoms with Crippen LogP contribution in [0.15, 0.2) is 28.1 Å². The highest BCUT2D eigenvalue weighted by Crippen LogP contribution is 2.19. The van der Waals surface area contributed by atoms with Gasteiger partial charge in [-0.3, -0.25) is 14.5 Å². The molecule has 0 aliphatic heterocycles. The quantitative estimate of drug-likeness (QED) is 0.885. The molecule has 1 atom stereocenters. The Morgan fingerprint density at radius 3 is 2.81 bits per heavy atom. The Morgan fingerprint density at radius 2 is 2.29 bits per heavy atom. The molecule has 1 N–H and O–H groups in total. The first-order chi connectivity index (χ1) is 9.97. The lowest BCUT2D eigenvalue weighted by atomic mass is 10.1. The number of thiophene rings is 1. The van der Waals surface area contributed by atoms with E-state index in [1.54, 1.807) is 19.9 Å². The summed E-state index contributed by atoms with van der Waals surface area (Å²) in [5.41, 5.74) is 0. The molecule has 0 bridgehead atoms. The van der Waals surface area contributed by atoms with Crippen molar-refractivity contribution in [1.82, 2.24) is 5.16 Å². The number of nitrogens with zero attached hydrogens (tertiary/aromatic N) is 2. The van der Waals surface area contributed by atoms with Gasteiger partial charge in [-0.1, -0.05) is 18.1 Å². The Balaban J connectivity index is 2.18. The largest absolute Gasteiger partial charge is 0.481 e. The summed E-state index contributed by atoms with van der Waals surface area (Å²) in [7, 11) is 0. The summed E-state index contributed by atoms with van der Waals surface area (Å²) in [6.45, 7) is 3.34. The van der Waals surface area contributed by atoms with Gasteiger partial charge in [-0.25, -0.2) is 0 Å². The van der Waals surface area contributed by atoms with Gasteiger partial charge >= 0.3 is 5.97 Å². The van der Waals surface area contributed by atoms with E-state index < -0.39 is 11.9 Å². The zero-order chi connectivity index (χ0) is 15.4. The monoisotopic (exact) mass is 308 g/mol. The number of hydrogen-bond donors (Lipinski definition) is 1. The zero-order valence-electron chi connectivity index (χ0n) is 11.8. The minimum atomic E-state index is -0.954. The van der Waals surface area contributed by atoms with Gasteiger partial charge in [0.1, 0.15) is 5.76 Å². The molecule has 0 saturated heterocycles. The van der Waals surface area contributed by atoms with Gasteiger partial charge in [0.05, 0.1) is 12.3 Å². The molecule has 2 rings (SSSR count). The van der Waals surface area contributed by atoms with Gasteiger partial charge in [-0.05, 0) is 18.4 Å². The molecule has 0 aliphatic rings. The number of aryl methyl sites for hydroxylation is 1. The van der Waals surface area contributed by atoms with Crippen molar-refractivity contribution < 1.29 is 19.2 Å². The fourth-order valence-corrected chi connectivity index (χ4v) is 2.51. The highest BCUT2D eigenvalue weighted by molar-refractivity contribution is 7.10. The van der Waals surface area contributed by atoms with Gasteiger partial charge in [-0.2, -0.15) is 0 Å². The second-order valence-corrected chi connectivity index (χ2v) is 5.83. The molecule has 0 aliphatic carbocycles. The van der Waals surface area contributed by atoms with Crippen LogP contribution < -0.4 is 4.90 Å². The van der Waals surface area contributed by atoms with Gasteiger partial charge in [0.15, 0.2) is 5.82 Å². The number of hydrogen-bond acceptors (Lipinski definition) is 5. The number of rotatable bonds is 6. The lowest BCUT2D eigenvalue weighted by Crippen LogP contribution is -2.38. The van der Waals surface area contributed by atoms with Crippen molar-refractivity contribution >= 4 is 29.0 Å². The number of anilines is 1. The van der Waals surface area contributed by atoms with E-state index in [0.29, 0.717) is 11.6 Å². The molecule has 1 amide bonds. The maximum atomic E-state index is 12.4. The predicted octanol–water partition coefficient (Wildman–Crippen LogP) is 2.34. The summed E-state index contributed by atoms with van der Waals surface area (Å²) in [4.78, 5) is 25.8. The van der Waals surface area contributed by atoms with Crippen LogP contribution in [0.1, 0.15) is 17.6 Å². The number of aliphatic carboxylic acids is 1. The van der Waals surface area contributed by atoms with Crippen molar-refractivity contribution in [2.75, 3.05) is 11.4 Å². The number of carboxylic acids is 1. The van der Waals surface area contributed by atoms with Gasteiger partial charge < -0.3 is 9.63 Å². The molecule has 2 aromatic heterocycles. The summed E-state index contributed by atoms with van der Waals surface area (Å²) < 4.78 is 4.98. The molecule has 2 heterocycles. The average Bonchev–Trinajstić information content (AvgIpc) is 3.07. The van der Waals surface area contributed by atoms with Crippen LogP contribution in [-0.4, -0.2) is 28.7 Å². The van der Waals surface area contributed by atoms with E-state index in [1.165, 1.54) is 16.2 Å². The maximum absolute atomic E-state index is 12.4. The van der Waals surface area contributed by atoms with Crippen LogP contribution in [0.5, 0.6) is 0 Å². The molecule has 0 fully saturated rings. The van der Waals surface area contributed by atoms with Gasteiger partial charge in [0, 0.05) is 17.5 Å². The van der Waals surface area contributed by atoms with E-state index in [4.69, 9.17) is 9.63 Å². The van der Waals surface area contributed by atoms with E-state index >= 15 is 0 Å². The lowest BCUT2D eigenvalue weighted by molar-refractivity contribution is -0.140. The molecule has 0 radical (unpaired) electrons. The van der Waals surface area contributed by atoms with E-state index in [2.05, 4.69) is 5.16 Å². The van der Waals surface area contributed by atoms with Crippen LogP contribution in [0.25, 0.3) is 0 Å². The van der Waals surface area contributed by atoms with Crippen LogP contribution in [0.4, 0.5) is 5.82 Å². The van der Waals surface area contributed by atoms with Crippen LogP contribution in [-0.2, 0) is 16.0 Å². The Hall–Kier alpha value is -2.15. The van der Waals surface area contributed by atoms with Crippen LogP contribution >= 0.6 is 11.3 Å². The van der Waals surface area contributed by atoms with Crippen LogP contribution in [0.3, 0.4) is 0 Å². The Labute approximate surface area is 126 Å². The topological polar surface area (TPSA) is 83.6 Å². The fraction of sp³-hybridized carbons (Fsp3) is 0.357. The minimum absolute atomic E-state index is 0.0610. The second kappa shape index (κ2) is 6.53. The van der Waals surface area contributed by atoms with Crippen molar-refractivity contribution in [3.05, 3.63) is 34.2 Å². The first-order valence-electron chi connectivity index (χ1n) is 6.46. The van der Waals surface area contributed by atoms with Crippen molar-refractivity contribution in [3.63, 3.8) is 0 Å². The van der Waals surface area contributed by atoms with E-state index in [-0.39, 0.29) is 18.9 Å². The maximum Gasteiger partial charge on any atom is 0.308 e. The molecular formula is C14H16N2O4S. The lowest BCUT2D eigenvalue weighted by Gasteiger charge is -2.21. The summed E-state index contributed by atoms with van der Waals surface area (Å²) in [6.07, 6.45) is 0.218. The highest BCUT2D eigenvalue weighted by atomic mass is 32.1. The number of aromatic nitrogens is 1. The second-order valence-electron chi connectivity index (χ2n) is 4.80. The number of carboxylic acid groups (broad SMARTS) is 1. The van der Waals surface area contributed by atoms with Gasteiger partial charge in [0.2, 0.25) is 5.91 Å². The predicted molar refractivity (Wildman–Crippen MR) is 78.4 cm³/mol. The van der Waals surface area contributed by atoms with Crippen molar-refractivity contribution in [3.8, 4) is 0 Å². The summed E-state index contributed by atoms with van der Waals surface area (Å²) >= 11 is 1.49. The van der Waals surface area contributed by atoms with E-state index in [0.717, 1.165) is 4.88 Å². The number of carbonyl (C=O) groups is 2. The summed E-state index contributed by atoms with van der Waals surface area (Å²) in [5.74, 6) is -0.915. The normalized spacial score (nSPS) is 12.1. The molecule has 0 spiro atoms. The van der Waals surface area contributed by atoms with Crippen LogP contribution in [0, 0.1) is 12.8 Å². The Morgan fingerprint density at radius 1 is 1.52 bits per heavy atom. The minimum Gasteiger partial charge on any atom is -0.481 e. The van der Waals surface area contributed by atoms with Crippen LogP contribution in [0.2, 0.25) is 0 Å². The third-order valence-electron chi connectivity index (χ3n) is 2.98. The molecule has 21 heavy (non-hydrogen) atoms. The molecule has 0 aromatic carbocycles. The third kappa shape index (κ3) is 3.91. The number of carbonyl (C=O) groups excluding carboxylic acids is 1. The average molecular weight is 308 g/mol. The third-order valence-corrected chi connectivity index (χ3v) is 3.85. The van der Waals surface area contributed by atoms with Crippen molar-refractivity contribution in [1.29, 1.82) is 0 Å². The van der Waals surface area contributed by atoms with E-state index in [1.807, 2.05) is 17.5 Å².